The van der Waals surface area contributed by atoms with Gasteiger partial charge in [-0.2, -0.15) is 0 Å². The molecular weight excluding hydrogens is 324 g/mol. The number of carbonyl (C=O) groups is 1. The summed E-state index contributed by atoms with van der Waals surface area (Å²) in [5, 5.41) is 4.25. The minimum Gasteiger partial charge on any atom is -0.491 e. The fraction of sp³-hybridized carbons (Fsp3) is 0.318. The Morgan fingerprint density at radius 3 is 2.46 bits per heavy atom. The fourth-order valence-corrected chi connectivity index (χ4v) is 3.75. The van der Waals surface area contributed by atoms with Crippen LogP contribution in [-0.2, 0) is 10.2 Å². The number of H-pyrrole nitrogens is 1. The van der Waals surface area contributed by atoms with Crippen molar-refractivity contribution >= 4 is 22.5 Å². The number of ether oxygens (including phenoxy) is 1. The summed E-state index contributed by atoms with van der Waals surface area (Å²) >= 11 is 0. The number of aromatic nitrogens is 1. The van der Waals surface area contributed by atoms with Crippen molar-refractivity contribution in [2.24, 2.45) is 0 Å². The Morgan fingerprint density at radius 1 is 1.12 bits per heavy atom. The molecule has 1 heterocycles. The maximum Gasteiger partial charge on any atom is 0.235 e. The van der Waals surface area contributed by atoms with E-state index < -0.39 is 5.41 Å². The lowest BCUT2D eigenvalue weighted by molar-refractivity contribution is -0.118. The van der Waals surface area contributed by atoms with Gasteiger partial charge in [0, 0.05) is 22.3 Å². The second-order valence-corrected chi connectivity index (χ2v) is 7.40. The van der Waals surface area contributed by atoms with E-state index in [9.17, 15) is 4.79 Å². The second-order valence-electron chi connectivity index (χ2n) is 7.40. The van der Waals surface area contributed by atoms with E-state index >= 15 is 0 Å². The number of rotatable bonds is 5. The average Bonchev–Trinajstić information content (AvgIpc) is 3.33. The third-order valence-corrected chi connectivity index (χ3v) is 5.04. The molecule has 3 aromatic rings. The van der Waals surface area contributed by atoms with Crippen LogP contribution in [0.15, 0.2) is 48.5 Å². The maximum atomic E-state index is 13.1. The minimum absolute atomic E-state index is 0.0721. The average molecular weight is 348 g/mol. The molecule has 0 atom stereocenters. The Balaban J connectivity index is 1.59. The molecule has 0 spiro atoms. The van der Waals surface area contributed by atoms with E-state index in [-0.39, 0.29) is 12.0 Å². The van der Waals surface area contributed by atoms with Crippen molar-refractivity contribution in [1.29, 1.82) is 0 Å². The molecule has 4 heteroatoms. The van der Waals surface area contributed by atoms with Crippen LogP contribution in [0, 0.1) is 6.92 Å². The first-order chi connectivity index (χ1) is 12.5. The predicted molar refractivity (Wildman–Crippen MR) is 105 cm³/mol. The second kappa shape index (κ2) is 6.20. The summed E-state index contributed by atoms with van der Waals surface area (Å²) in [4.78, 5) is 16.5. The van der Waals surface area contributed by atoms with Crippen LogP contribution in [0.2, 0.25) is 0 Å². The largest absolute Gasteiger partial charge is 0.491 e. The van der Waals surface area contributed by atoms with Gasteiger partial charge >= 0.3 is 0 Å². The zero-order chi connectivity index (χ0) is 18.3. The quantitative estimate of drug-likeness (QED) is 0.686. The molecule has 2 N–H and O–H groups in total. The Hall–Kier alpha value is -2.75. The van der Waals surface area contributed by atoms with Gasteiger partial charge in [-0.25, -0.2) is 0 Å². The van der Waals surface area contributed by atoms with Gasteiger partial charge in [0.1, 0.15) is 5.75 Å². The SMILES string of the molecule is Cc1[nH]c2ccccc2c1C1(C(=O)Nc2ccc(OC(C)C)cc2)CC1. The topological polar surface area (TPSA) is 54.1 Å². The zero-order valence-electron chi connectivity index (χ0n) is 15.4. The summed E-state index contributed by atoms with van der Waals surface area (Å²) in [5.41, 5.74) is 3.70. The van der Waals surface area contributed by atoms with Crippen molar-refractivity contribution in [3.05, 3.63) is 59.8 Å². The Labute approximate surface area is 153 Å². The van der Waals surface area contributed by atoms with Gasteiger partial charge in [-0.3, -0.25) is 4.79 Å². The molecule has 26 heavy (non-hydrogen) atoms. The van der Waals surface area contributed by atoms with Crippen LogP contribution >= 0.6 is 0 Å². The number of fused-ring (bicyclic) bond motifs is 1. The van der Waals surface area contributed by atoms with Gasteiger partial charge in [-0.15, -0.1) is 0 Å². The van der Waals surface area contributed by atoms with Gasteiger partial charge in [-0.05, 0) is 69.5 Å². The molecule has 1 aromatic heterocycles. The number of carbonyl (C=O) groups excluding carboxylic acids is 1. The Bertz CT molecular complexity index is 950. The van der Waals surface area contributed by atoms with Crippen LogP contribution in [-0.4, -0.2) is 17.0 Å². The molecule has 2 aromatic carbocycles. The first-order valence-electron chi connectivity index (χ1n) is 9.15. The van der Waals surface area contributed by atoms with Crippen LogP contribution in [0.5, 0.6) is 5.75 Å². The molecule has 1 aliphatic rings. The van der Waals surface area contributed by atoms with E-state index in [1.807, 2.05) is 50.2 Å². The van der Waals surface area contributed by atoms with Crippen molar-refractivity contribution in [1.82, 2.24) is 4.98 Å². The highest BCUT2D eigenvalue weighted by Gasteiger charge is 2.53. The van der Waals surface area contributed by atoms with E-state index in [1.165, 1.54) is 0 Å². The number of aryl methyl sites for hydroxylation is 1. The summed E-state index contributed by atoms with van der Waals surface area (Å²) in [5.74, 6) is 0.884. The molecule has 0 bridgehead atoms. The number of hydrogen-bond donors (Lipinski definition) is 2. The maximum absolute atomic E-state index is 13.1. The van der Waals surface area contributed by atoms with Crippen LogP contribution < -0.4 is 10.1 Å². The fourth-order valence-electron chi connectivity index (χ4n) is 3.75. The number of para-hydroxylation sites is 1. The first kappa shape index (κ1) is 16.7. The zero-order valence-corrected chi connectivity index (χ0v) is 15.4. The minimum atomic E-state index is -0.420. The normalized spacial score (nSPS) is 15.2. The monoisotopic (exact) mass is 348 g/mol. The van der Waals surface area contributed by atoms with Crippen molar-refractivity contribution < 1.29 is 9.53 Å². The van der Waals surface area contributed by atoms with Crippen LogP contribution in [0.25, 0.3) is 10.9 Å². The van der Waals surface area contributed by atoms with E-state index in [1.54, 1.807) is 0 Å². The van der Waals surface area contributed by atoms with Crippen molar-refractivity contribution in [3.8, 4) is 5.75 Å². The summed E-state index contributed by atoms with van der Waals surface area (Å²) < 4.78 is 5.66. The van der Waals surface area contributed by atoms with Crippen molar-refractivity contribution in [2.45, 2.75) is 45.1 Å². The molecule has 4 rings (SSSR count). The van der Waals surface area contributed by atoms with Gasteiger partial charge in [-0.1, -0.05) is 18.2 Å². The number of hydrogen-bond acceptors (Lipinski definition) is 2. The number of anilines is 1. The number of aromatic amines is 1. The molecule has 1 fully saturated rings. The summed E-state index contributed by atoms with van der Waals surface area (Å²) in [6.45, 7) is 6.05. The number of amides is 1. The molecule has 0 saturated heterocycles. The summed E-state index contributed by atoms with van der Waals surface area (Å²) in [6.07, 6.45) is 1.90. The summed E-state index contributed by atoms with van der Waals surface area (Å²) in [7, 11) is 0. The van der Waals surface area contributed by atoms with E-state index in [4.69, 9.17) is 4.74 Å². The highest BCUT2D eigenvalue weighted by Crippen LogP contribution is 2.52. The highest BCUT2D eigenvalue weighted by atomic mass is 16.5. The third-order valence-electron chi connectivity index (χ3n) is 5.04. The summed E-state index contributed by atoms with van der Waals surface area (Å²) in [6, 6.07) is 15.8. The Kier molecular flexibility index (Phi) is 3.98. The predicted octanol–water partition coefficient (Wildman–Crippen LogP) is 4.93. The molecule has 0 radical (unpaired) electrons. The molecule has 134 valence electrons. The Morgan fingerprint density at radius 2 is 1.81 bits per heavy atom. The van der Waals surface area contributed by atoms with E-state index in [2.05, 4.69) is 29.4 Å². The van der Waals surface area contributed by atoms with Crippen molar-refractivity contribution in [3.63, 3.8) is 0 Å². The van der Waals surface area contributed by atoms with Gasteiger partial charge in [0.05, 0.1) is 11.5 Å². The van der Waals surface area contributed by atoms with Crippen LogP contribution in [0.4, 0.5) is 5.69 Å². The molecule has 1 amide bonds. The van der Waals surface area contributed by atoms with Gasteiger partial charge in [0.25, 0.3) is 0 Å². The molecule has 1 saturated carbocycles. The lowest BCUT2D eigenvalue weighted by Crippen LogP contribution is -2.28. The van der Waals surface area contributed by atoms with Crippen molar-refractivity contribution in [2.75, 3.05) is 5.32 Å². The molecule has 1 aliphatic carbocycles. The smallest absolute Gasteiger partial charge is 0.235 e. The molecular formula is C22H24N2O2. The van der Waals surface area contributed by atoms with Crippen LogP contribution in [0.3, 0.4) is 0 Å². The van der Waals surface area contributed by atoms with Gasteiger partial charge < -0.3 is 15.0 Å². The molecule has 4 nitrogen and oxygen atoms in total. The standard InChI is InChI=1S/C22H24N2O2/c1-14(2)26-17-10-8-16(9-11-17)24-21(25)22(12-13-22)20-15(3)23-19-7-5-4-6-18(19)20/h4-11,14,23H,12-13H2,1-3H3,(H,24,25). The van der Waals surface area contributed by atoms with Crippen LogP contribution in [0.1, 0.15) is 37.9 Å². The molecule has 0 aliphatic heterocycles. The van der Waals surface area contributed by atoms with E-state index in [0.717, 1.165) is 46.4 Å². The number of nitrogens with one attached hydrogen (secondary N) is 2. The lowest BCUT2D eigenvalue weighted by atomic mass is 9.92. The first-order valence-corrected chi connectivity index (χ1v) is 9.15. The highest BCUT2D eigenvalue weighted by molar-refractivity contribution is 6.05. The van der Waals surface area contributed by atoms with E-state index in [0.29, 0.717) is 0 Å². The van der Waals surface area contributed by atoms with Gasteiger partial charge in [0.15, 0.2) is 0 Å². The third kappa shape index (κ3) is 2.85. The molecule has 0 unspecified atom stereocenters. The lowest BCUT2D eigenvalue weighted by Gasteiger charge is -2.17. The van der Waals surface area contributed by atoms with Gasteiger partial charge in [0.2, 0.25) is 5.91 Å². The number of benzene rings is 2.